The van der Waals surface area contributed by atoms with Gasteiger partial charge in [-0.3, -0.25) is 9.99 Å². The maximum Gasteiger partial charge on any atom is 0.332 e. The molecule has 2 aromatic carbocycles. The quantitative estimate of drug-likeness (QED) is 0.446. The Balaban J connectivity index is 1.75. The van der Waals surface area contributed by atoms with Gasteiger partial charge in [0, 0.05) is 13.1 Å². The second-order valence-electron chi connectivity index (χ2n) is 7.93. The average molecular weight is 506 g/mol. The summed E-state index contributed by atoms with van der Waals surface area (Å²) in [6.45, 7) is 3.66. The fourth-order valence-electron chi connectivity index (χ4n) is 4.42. The van der Waals surface area contributed by atoms with E-state index in [-0.39, 0.29) is 6.03 Å². The van der Waals surface area contributed by atoms with Crippen LogP contribution < -0.4 is 15.3 Å². The number of hydrogen-bond donors (Lipinski definition) is 1. The second-order valence-corrected chi connectivity index (χ2v) is 12.8. The Bertz CT molecular complexity index is 1240. The molecule has 0 bridgehead atoms. The lowest BCUT2D eigenvalue weighted by atomic mass is 10.2. The molecule has 32 heavy (non-hydrogen) atoms. The number of benzene rings is 2. The number of urea groups is 1. The van der Waals surface area contributed by atoms with Gasteiger partial charge in [0.2, 0.25) is 0 Å². The number of fused-ring (bicyclic) bond motifs is 1. The van der Waals surface area contributed by atoms with Crippen molar-refractivity contribution in [2.45, 2.75) is 26.2 Å². The Morgan fingerprint density at radius 1 is 1.00 bits per heavy atom. The summed E-state index contributed by atoms with van der Waals surface area (Å²) in [5, 5.41) is 9.63. The van der Waals surface area contributed by atoms with Gasteiger partial charge in [0.05, 0.1) is 32.4 Å². The molecule has 2 amide bonds. The van der Waals surface area contributed by atoms with Crippen molar-refractivity contribution in [2.24, 2.45) is 0 Å². The number of amides is 2. The summed E-state index contributed by atoms with van der Waals surface area (Å²) < 4.78 is 5.83. The highest BCUT2D eigenvalue weighted by atomic mass is 35.5. The smallest absolute Gasteiger partial charge is 0.291 e. The molecule has 1 fully saturated rings. The van der Waals surface area contributed by atoms with E-state index in [4.69, 9.17) is 40.1 Å². The first-order valence-corrected chi connectivity index (χ1v) is 14.0. The van der Waals surface area contributed by atoms with Crippen molar-refractivity contribution < 1.29 is 4.79 Å². The van der Waals surface area contributed by atoms with Crippen LogP contribution in [-0.4, -0.2) is 33.6 Å². The SMILES string of the molecule is Cc1nn(-c2ccccc2)c2c1P(=S)(N1CCCCC1)N(c1ccc(Cl)c(Cl)c1)C(=O)N2. The summed E-state index contributed by atoms with van der Waals surface area (Å²) >= 11 is 19.0. The number of piperidine rings is 1. The minimum Gasteiger partial charge on any atom is -0.291 e. The van der Waals surface area contributed by atoms with E-state index >= 15 is 0 Å². The summed E-state index contributed by atoms with van der Waals surface area (Å²) in [4.78, 5) is 13.6. The number of carbonyl (C=O) groups is 1. The largest absolute Gasteiger partial charge is 0.332 e. The van der Waals surface area contributed by atoms with Gasteiger partial charge in [0.15, 0.2) is 0 Å². The van der Waals surface area contributed by atoms with E-state index in [9.17, 15) is 4.79 Å². The molecule has 0 radical (unpaired) electrons. The monoisotopic (exact) mass is 505 g/mol. The number of aromatic nitrogens is 2. The van der Waals surface area contributed by atoms with Crippen molar-refractivity contribution in [3.8, 4) is 5.69 Å². The number of anilines is 2. The topological polar surface area (TPSA) is 53.4 Å². The summed E-state index contributed by atoms with van der Waals surface area (Å²) in [6, 6.07) is 14.7. The van der Waals surface area contributed by atoms with E-state index in [0.29, 0.717) is 21.6 Å². The zero-order valence-electron chi connectivity index (χ0n) is 17.5. The highest BCUT2D eigenvalue weighted by molar-refractivity contribution is 8.18. The van der Waals surface area contributed by atoms with Gasteiger partial charge in [-0.15, -0.1) is 0 Å². The molecule has 166 valence electrons. The van der Waals surface area contributed by atoms with Gasteiger partial charge < -0.3 is 0 Å². The molecular weight excluding hydrogens is 484 g/mol. The molecule has 1 saturated heterocycles. The minimum absolute atomic E-state index is 0.276. The molecule has 2 aliphatic rings. The molecule has 1 unspecified atom stereocenters. The highest BCUT2D eigenvalue weighted by Gasteiger charge is 2.47. The number of para-hydroxylation sites is 1. The molecule has 1 N–H and O–H groups in total. The van der Waals surface area contributed by atoms with Crippen LogP contribution in [0.4, 0.5) is 16.3 Å². The van der Waals surface area contributed by atoms with Crippen LogP contribution in [0.3, 0.4) is 0 Å². The molecule has 0 spiro atoms. The normalized spacial score (nSPS) is 21.3. The highest BCUT2D eigenvalue weighted by Crippen LogP contribution is 2.59. The van der Waals surface area contributed by atoms with Crippen molar-refractivity contribution in [2.75, 3.05) is 23.1 Å². The molecule has 0 saturated carbocycles. The second kappa shape index (κ2) is 8.47. The Labute approximate surface area is 202 Å². The number of carbonyl (C=O) groups excluding carboxylic acids is 1. The molecule has 2 aliphatic heterocycles. The van der Waals surface area contributed by atoms with Crippen molar-refractivity contribution >= 4 is 64.2 Å². The molecule has 10 heteroatoms. The van der Waals surface area contributed by atoms with Gasteiger partial charge >= 0.3 is 6.03 Å². The number of nitrogens with zero attached hydrogens (tertiary/aromatic N) is 4. The first kappa shape index (κ1) is 21.9. The van der Waals surface area contributed by atoms with Crippen molar-refractivity contribution in [1.29, 1.82) is 0 Å². The van der Waals surface area contributed by atoms with Crippen LogP contribution in [-0.2, 0) is 11.8 Å². The van der Waals surface area contributed by atoms with Crippen molar-refractivity contribution in [3.05, 3.63) is 64.3 Å². The van der Waals surface area contributed by atoms with Crippen LogP contribution in [0.25, 0.3) is 5.69 Å². The van der Waals surface area contributed by atoms with Crippen molar-refractivity contribution in [1.82, 2.24) is 14.5 Å². The zero-order valence-corrected chi connectivity index (χ0v) is 20.7. The van der Waals surface area contributed by atoms with E-state index in [1.165, 1.54) is 6.42 Å². The van der Waals surface area contributed by atoms with E-state index in [1.807, 2.05) is 37.3 Å². The first-order chi connectivity index (χ1) is 15.4. The van der Waals surface area contributed by atoms with Crippen molar-refractivity contribution in [3.63, 3.8) is 0 Å². The lowest BCUT2D eigenvalue weighted by Crippen LogP contribution is -2.48. The number of rotatable bonds is 3. The summed E-state index contributed by atoms with van der Waals surface area (Å²) in [5.74, 6) is 0.656. The fraction of sp³-hybridized carbons (Fsp3) is 0.273. The van der Waals surface area contributed by atoms with Crippen LogP contribution in [0.2, 0.25) is 10.0 Å². The molecule has 3 heterocycles. The van der Waals surface area contributed by atoms with E-state index in [1.54, 1.807) is 27.6 Å². The Kier molecular flexibility index (Phi) is 5.81. The number of halogens is 2. The summed E-state index contributed by atoms with van der Waals surface area (Å²) in [6.07, 6.45) is 0.534. The molecular formula is C22H22Cl2N5OPS. The number of aryl methyl sites for hydroxylation is 1. The van der Waals surface area contributed by atoms with Gasteiger partial charge in [0.1, 0.15) is 12.2 Å². The standard InChI is InChI=1S/C22H22Cl2N5OPS/c1-15-20-21(28(26-15)16-8-4-2-5-9-16)25-22(30)29(17-10-11-18(23)19(24)14-17)31(20,32)27-12-6-3-7-13-27/h2,4-5,8-11,14H,3,6-7,12-13H2,1H3,(H,25,30). The van der Waals surface area contributed by atoms with Gasteiger partial charge in [-0.2, -0.15) is 5.10 Å². The predicted molar refractivity (Wildman–Crippen MR) is 136 cm³/mol. The lowest BCUT2D eigenvalue weighted by Gasteiger charge is -2.46. The van der Waals surface area contributed by atoms with Gasteiger partial charge in [-0.25, -0.2) is 14.1 Å². The maximum absolute atomic E-state index is 13.6. The van der Waals surface area contributed by atoms with Gasteiger partial charge in [-0.05, 0) is 50.1 Å². The molecule has 3 aromatic rings. The molecule has 1 aromatic heterocycles. The van der Waals surface area contributed by atoms with Gasteiger partial charge in [0.25, 0.3) is 0 Å². The third-order valence-corrected chi connectivity index (χ3v) is 11.6. The Morgan fingerprint density at radius 2 is 1.72 bits per heavy atom. The predicted octanol–water partition coefficient (Wildman–Crippen LogP) is 5.96. The van der Waals surface area contributed by atoms with Crippen LogP contribution in [0.1, 0.15) is 25.0 Å². The minimum atomic E-state index is -2.74. The number of nitrogens with one attached hydrogen (secondary N) is 1. The van der Waals surface area contributed by atoms with Crippen LogP contribution in [0.5, 0.6) is 0 Å². The molecule has 0 aliphatic carbocycles. The van der Waals surface area contributed by atoms with E-state index in [2.05, 4.69) is 9.99 Å². The average Bonchev–Trinajstić information content (AvgIpc) is 3.14. The zero-order chi connectivity index (χ0) is 22.5. The maximum atomic E-state index is 13.6. The third kappa shape index (κ3) is 3.47. The lowest BCUT2D eigenvalue weighted by molar-refractivity contribution is 0.259. The van der Waals surface area contributed by atoms with Gasteiger partial charge in [-0.1, -0.05) is 59.6 Å². The molecule has 5 rings (SSSR count). The molecule has 1 atom stereocenters. The number of hydrogen-bond acceptors (Lipinski definition) is 3. The Morgan fingerprint density at radius 3 is 2.41 bits per heavy atom. The first-order valence-electron chi connectivity index (χ1n) is 10.5. The Hall–Kier alpha value is -1.89. The van der Waals surface area contributed by atoms with E-state index < -0.39 is 6.34 Å². The van der Waals surface area contributed by atoms with Crippen LogP contribution in [0, 0.1) is 6.92 Å². The molecule has 6 nitrogen and oxygen atoms in total. The summed E-state index contributed by atoms with van der Waals surface area (Å²) in [5.41, 5.74) is 2.34. The fourth-order valence-corrected chi connectivity index (χ4v) is 9.55. The van der Waals surface area contributed by atoms with Crippen LogP contribution in [0.15, 0.2) is 48.5 Å². The third-order valence-electron chi connectivity index (χ3n) is 5.87. The summed E-state index contributed by atoms with van der Waals surface area (Å²) in [7, 11) is 0. The van der Waals surface area contributed by atoms with Crippen LogP contribution >= 0.6 is 29.5 Å². The van der Waals surface area contributed by atoms with E-state index in [0.717, 1.165) is 42.6 Å².